The van der Waals surface area contributed by atoms with Crippen LogP contribution in [-0.4, -0.2) is 36.2 Å². The Labute approximate surface area is 115 Å². The van der Waals surface area contributed by atoms with Gasteiger partial charge in [0, 0.05) is 12.6 Å². The third-order valence-corrected chi connectivity index (χ3v) is 4.67. The van der Waals surface area contributed by atoms with E-state index in [9.17, 15) is 5.11 Å². The van der Waals surface area contributed by atoms with Gasteiger partial charge in [-0.05, 0) is 55.0 Å². The monoisotopic (exact) mass is 261 g/mol. The molecule has 0 bridgehead atoms. The average Bonchev–Trinajstić information content (AvgIpc) is 2.85. The third kappa shape index (κ3) is 2.37. The van der Waals surface area contributed by atoms with Gasteiger partial charge >= 0.3 is 0 Å². The van der Waals surface area contributed by atoms with Gasteiger partial charge in [0.25, 0.3) is 0 Å². The van der Waals surface area contributed by atoms with E-state index in [-0.39, 0.29) is 12.1 Å². The highest BCUT2D eigenvalue weighted by atomic mass is 16.5. The molecule has 3 rings (SSSR count). The molecule has 0 saturated carbocycles. The van der Waals surface area contributed by atoms with Crippen LogP contribution in [0.4, 0.5) is 0 Å². The van der Waals surface area contributed by atoms with Gasteiger partial charge in [-0.15, -0.1) is 0 Å². The summed E-state index contributed by atoms with van der Waals surface area (Å²) in [5, 5.41) is 10.7. The molecule has 3 unspecified atom stereocenters. The van der Waals surface area contributed by atoms with Crippen molar-refractivity contribution >= 4 is 0 Å². The molecule has 19 heavy (non-hydrogen) atoms. The first-order valence-electron chi connectivity index (χ1n) is 7.28. The first-order chi connectivity index (χ1) is 9.19. The van der Waals surface area contributed by atoms with Crippen molar-refractivity contribution in [1.29, 1.82) is 0 Å². The largest absolute Gasteiger partial charge is 0.497 e. The van der Waals surface area contributed by atoms with E-state index < -0.39 is 0 Å². The average molecular weight is 261 g/mol. The molecule has 1 heterocycles. The van der Waals surface area contributed by atoms with E-state index in [0.717, 1.165) is 43.2 Å². The van der Waals surface area contributed by atoms with Crippen molar-refractivity contribution in [2.24, 2.45) is 5.92 Å². The molecule has 1 aromatic carbocycles. The zero-order valence-corrected chi connectivity index (χ0v) is 11.8. The third-order valence-electron chi connectivity index (χ3n) is 4.67. The topological polar surface area (TPSA) is 32.7 Å². The molecule has 1 fully saturated rings. The van der Waals surface area contributed by atoms with Crippen molar-refractivity contribution in [3.8, 4) is 5.75 Å². The van der Waals surface area contributed by atoms with Gasteiger partial charge in [0.2, 0.25) is 0 Å². The molecule has 3 heteroatoms. The minimum absolute atomic E-state index is 0.282. The Balaban J connectivity index is 1.84. The van der Waals surface area contributed by atoms with E-state index in [4.69, 9.17) is 4.74 Å². The Morgan fingerprint density at radius 2 is 2.16 bits per heavy atom. The molecule has 1 N–H and O–H groups in total. The molecule has 0 spiro atoms. The molecule has 2 aliphatic rings. The van der Waals surface area contributed by atoms with Gasteiger partial charge in [0.15, 0.2) is 0 Å². The van der Waals surface area contributed by atoms with Crippen LogP contribution in [0.15, 0.2) is 18.2 Å². The van der Waals surface area contributed by atoms with Gasteiger partial charge < -0.3 is 9.84 Å². The van der Waals surface area contributed by atoms with E-state index in [1.807, 2.05) is 12.1 Å². The quantitative estimate of drug-likeness (QED) is 0.887. The van der Waals surface area contributed by atoms with Gasteiger partial charge in [-0.1, -0.05) is 13.0 Å². The van der Waals surface area contributed by atoms with Crippen LogP contribution >= 0.6 is 0 Å². The minimum atomic E-state index is -0.371. The lowest BCUT2D eigenvalue weighted by atomic mass is 9.85. The summed E-state index contributed by atoms with van der Waals surface area (Å²) in [5.41, 5.74) is 2.34. The highest BCUT2D eigenvalue weighted by molar-refractivity contribution is 5.39. The predicted molar refractivity (Wildman–Crippen MR) is 75.4 cm³/mol. The van der Waals surface area contributed by atoms with E-state index in [1.165, 1.54) is 12.0 Å². The lowest BCUT2D eigenvalue weighted by molar-refractivity contribution is 0.0470. The van der Waals surface area contributed by atoms with E-state index >= 15 is 0 Å². The normalized spacial score (nSPS) is 31.2. The lowest BCUT2D eigenvalue weighted by Gasteiger charge is -2.36. The van der Waals surface area contributed by atoms with E-state index in [2.05, 4.69) is 17.9 Å². The molecule has 1 aliphatic carbocycles. The van der Waals surface area contributed by atoms with Crippen molar-refractivity contribution in [2.75, 3.05) is 20.2 Å². The van der Waals surface area contributed by atoms with Gasteiger partial charge in [-0.2, -0.15) is 0 Å². The number of methoxy groups -OCH3 is 1. The molecule has 1 saturated heterocycles. The molecule has 104 valence electrons. The predicted octanol–water partition coefficient (Wildman–Crippen LogP) is 2.39. The highest BCUT2D eigenvalue weighted by Gasteiger charge is 2.35. The number of aryl methyl sites for hydroxylation is 1. The van der Waals surface area contributed by atoms with E-state index in [0.29, 0.717) is 0 Å². The van der Waals surface area contributed by atoms with Crippen LogP contribution in [0, 0.1) is 5.92 Å². The number of aliphatic hydroxyl groups excluding tert-OH is 1. The summed E-state index contributed by atoms with van der Waals surface area (Å²) in [6.45, 7) is 4.55. The number of nitrogens with zero attached hydrogens (tertiary/aromatic N) is 1. The van der Waals surface area contributed by atoms with Gasteiger partial charge in [-0.3, -0.25) is 4.90 Å². The standard InChI is InChI=1S/C16H23NO2/c1-11-7-8-17(10-11)15-6-4-12-3-5-13(19-2)9-14(12)16(15)18/h3,5,9,11,15-16,18H,4,6-8,10H2,1-2H3. The van der Waals surface area contributed by atoms with Gasteiger partial charge in [-0.25, -0.2) is 0 Å². The number of likely N-dealkylation sites (tertiary alicyclic amines) is 1. The summed E-state index contributed by atoms with van der Waals surface area (Å²) < 4.78 is 5.28. The van der Waals surface area contributed by atoms with Crippen molar-refractivity contribution < 1.29 is 9.84 Å². The molecular weight excluding hydrogens is 238 g/mol. The molecule has 3 nitrogen and oxygen atoms in total. The molecule has 0 amide bonds. The number of fused-ring (bicyclic) bond motifs is 1. The Hall–Kier alpha value is -1.06. The fourth-order valence-corrected chi connectivity index (χ4v) is 3.52. The fourth-order valence-electron chi connectivity index (χ4n) is 3.52. The number of aliphatic hydroxyl groups is 1. The van der Waals surface area contributed by atoms with Crippen LogP contribution in [0.2, 0.25) is 0 Å². The number of hydrogen-bond donors (Lipinski definition) is 1. The second kappa shape index (κ2) is 5.14. The van der Waals surface area contributed by atoms with Gasteiger partial charge in [0.05, 0.1) is 13.2 Å². The first kappa shape index (κ1) is 12.9. The summed E-state index contributed by atoms with van der Waals surface area (Å²) in [5.74, 6) is 1.60. The second-order valence-electron chi connectivity index (χ2n) is 6.00. The summed E-state index contributed by atoms with van der Waals surface area (Å²) in [7, 11) is 1.68. The van der Waals surface area contributed by atoms with Gasteiger partial charge in [0.1, 0.15) is 5.75 Å². The summed E-state index contributed by atoms with van der Waals surface area (Å²) in [6.07, 6.45) is 3.01. The van der Waals surface area contributed by atoms with Crippen LogP contribution in [0.25, 0.3) is 0 Å². The Kier molecular flexibility index (Phi) is 3.50. The molecule has 1 aromatic rings. The molecule has 0 radical (unpaired) electrons. The van der Waals surface area contributed by atoms with Crippen LogP contribution in [0.5, 0.6) is 5.75 Å². The molecular formula is C16H23NO2. The molecule has 3 atom stereocenters. The fraction of sp³-hybridized carbons (Fsp3) is 0.625. The Morgan fingerprint density at radius 1 is 1.32 bits per heavy atom. The van der Waals surface area contributed by atoms with E-state index in [1.54, 1.807) is 7.11 Å². The zero-order valence-electron chi connectivity index (χ0n) is 11.8. The summed E-state index contributed by atoms with van der Waals surface area (Å²) in [4.78, 5) is 2.47. The smallest absolute Gasteiger partial charge is 0.119 e. The lowest BCUT2D eigenvalue weighted by Crippen LogP contribution is -2.41. The second-order valence-corrected chi connectivity index (χ2v) is 6.00. The minimum Gasteiger partial charge on any atom is -0.497 e. The number of ether oxygens (including phenoxy) is 1. The number of rotatable bonds is 2. The van der Waals surface area contributed by atoms with Crippen molar-refractivity contribution in [2.45, 2.75) is 38.3 Å². The van der Waals surface area contributed by atoms with Crippen LogP contribution in [0.1, 0.15) is 37.0 Å². The maximum absolute atomic E-state index is 10.7. The highest BCUT2D eigenvalue weighted by Crippen LogP contribution is 2.36. The van der Waals surface area contributed by atoms with Crippen molar-refractivity contribution in [3.05, 3.63) is 29.3 Å². The Morgan fingerprint density at radius 3 is 2.84 bits per heavy atom. The molecule has 1 aliphatic heterocycles. The SMILES string of the molecule is COc1ccc2c(c1)C(O)C(N1CCC(C)C1)CC2. The zero-order chi connectivity index (χ0) is 13.4. The van der Waals surface area contributed by atoms with Crippen LogP contribution in [-0.2, 0) is 6.42 Å². The van der Waals surface area contributed by atoms with Crippen LogP contribution < -0.4 is 4.74 Å². The first-order valence-corrected chi connectivity index (χ1v) is 7.28. The number of hydrogen-bond acceptors (Lipinski definition) is 3. The van der Waals surface area contributed by atoms with Crippen LogP contribution in [0.3, 0.4) is 0 Å². The summed E-state index contributed by atoms with van der Waals surface area (Å²) >= 11 is 0. The van der Waals surface area contributed by atoms with Crippen molar-refractivity contribution in [1.82, 2.24) is 4.90 Å². The van der Waals surface area contributed by atoms with Crippen molar-refractivity contribution in [3.63, 3.8) is 0 Å². The molecule has 0 aromatic heterocycles. The number of benzene rings is 1. The summed E-state index contributed by atoms with van der Waals surface area (Å²) in [6, 6.07) is 6.37. The maximum atomic E-state index is 10.7. The Bertz CT molecular complexity index is 460. The maximum Gasteiger partial charge on any atom is 0.119 e.